The number of nitrogens with zero attached hydrogens (tertiary/aromatic N) is 3. The van der Waals surface area contributed by atoms with Crippen LogP contribution in [0, 0.1) is 0 Å². The van der Waals surface area contributed by atoms with Gasteiger partial charge in [0.25, 0.3) is 11.1 Å². The Bertz CT molecular complexity index is 2190. The molecule has 0 bridgehead atoms. The van der Waals surface area contributed by atoms with E-state index in [-0.39, 0.29) is 24.3 Å². The second kappa shape index (κ2) is 11.3. The van der Waals surface area contributed by atoms with E-state index in [2.05, 4.69) is 23.8 Å². The van der Waals surface area contributed by atoms with Gasteiger partial charge in [-0.3, -0.25) is 19.8 Å². The van der Waals surface area contributed by atoms with Crippen LogP contribution < -0.4 is 16.0 Å². The quantitative estimate of drug-likeness (QED) is 0.176. The fourth-order valence-corrected chi connectivity index (χ4v) is 5.99. The molecule has 216 valence electrons. The molecule has 9 nitrogen and oxygen atoms in total. The lowest BCUT2D eigenvalue weighted by atomic mass is 9.96. The zero-order valence-electron chi connectivity index (χ0n) is 23.2. The van der Waals surface area contributed by atoms with Crippen LogP contribution in [-0.2, 0) is 13.2 Å². The first kappa shape index (κ1) is 27.4. The maximum Gasteiger partial charge on any atom is 0.270 e. The van der Waals surface area contributed by atoms with Crippen molar-refractivity contribution in [2.24, 2.45) is 0 Å². The third-order valence-corrected chi connectivity index (χ3v) is 8.24. The molecule has 0 amide bonds. The lowest BCUT2D eigenvalue weighted by Crippen LogP contribution is -2.18. The highest BCUT2D eigenvalue weighted by atomic mass is 32.1. The van der Waals surface area contributed by atoms with Crippen molar-refractivity contribution in [3.8, 4) is 22.3 Å². The number of aromatic amines is 2. The summed E-state index contributed by atoms with van der Waals surface area (Å²) in [6.07, 6.45) is 0. The predicted octanol–water partition coefficient (Wildman–Crippen LogP) is 6.01. The van der Waals surface area contributed by atoms with Crippen LogP contribution in [0.25, 0.3) is 44.1 Å². The van der Waals surface area contributed by atoms with Gasteiger partial charge in [0, 0.05) is 28.2 Å². The van der Waals surface area contributed by atoms with Gasteiger partial charge in [0.1, 0.15) is 11.0 Å². The third kappa shape index (κ3) is 4.86. The summed E-state index contributed by atoms with van der Waals surface area (Å²) in [5.41, 5.74) is 8.66. The van der Waals surface area contributed by atoms with Crippen molar-refractivity contribution in [3.05, 3.63) is 135 Å². The first-order valence-electron chi connectivity index (χ1n) is 13.8. The Morgan fingerprint density at radius 1 is 0.568 bits per heavy atom. The largest absolute Gasteiger partial charge is 0.392 e. The van der Waals surface area contributed by atoms with Crippen LogP contribution in [0.4, 0.5) is 17.1 Å². The number of nitrogens with one attached hydrogen (secondary N) is 2. The monoisotopic (exact) mass is 599 g/mol. The molecule has 0 fully saturated rings. The van der Waals surface area contributed by atoms with Crippen molar-refractivity contribution in [1.29, 1.82) is 0 Å². The van der Waals surface area contributed by atoms with Crippen molar-refractivity contribution >= 4 is 50.6 Å². The lowest BCUT2D eigenvalue weighted by Gasteiger charge is -2.26. The van der Waals surface area contributed by atoms with Crippen molar-refractivity contribution in [2.75, 3.05) is 4.90 Å². The summed E-state index contributed by atoms with van der Waals surface area (Å²) in [5.74, 6) is 0. The SMILES string of the molecule is O=c1[nH][nH]c(=O)c2cc(-c3ccc(-c4ccc(N(c5ccc(CO)cc5)c5ccc(CO)cc5)cc4)c4nsnc34)ccc12. The summed E-state index contributed by atoms with van der Waals surface area (Å²) in [4.78, 5) is 26.7. The van der Waals surface area contributed by atoms with E-state index >= 15 is 0 Å². The van der Waals surface area contributed by atoms with Crippen molar-refractivity contribution in [1.82, 2.24) is 18.9 Å². The summed E-state index contributed by atoms with van der Waals surface area (Å²) in [6, 6.07) is 32.8. The Morgan fingerprint density at radius 2 is 1.02 bits per heavy atom. The second-order valence-electron chi connectivity index (χ2n) is 10.3. The minimum absolute atomic E-state index is 0.0299. The smallest absolute Gasteiger partial charge is 0.270 e. The molecule has 0 aliphatic rings. The summed E-state index contributed by atoms with van der Waals surface area (Å²) in [6.45, 7) is -0.0598. The normalized spacial score (nSPS) is 11.3. The molecule has 0 unspecified atom stereocenters. The topological polar surface area (TPSA) is 135 Å². The summed E-state index contributed by atoms with van der Waals surface area (Å²) in [7, 11) is 0. The fourth-order valence-electron chi connectivity index (χ4n) is 5.42. The van der Waals surface area contributed by atoms with Gasteiger partial charge in [-0.25, -0.2) is 0 Å². The zero-order valence-corrected chi connectivity index (χ0v) is 24.0. The van der Waals surface area contributed by atoms with E-state index < -0.39 is 0 Å². The molecule has 10 heteroatoms. The number of fused-ring (bicyclic) bond motifs is 2. The molecule has 4 N–H and O–H groups in total. The molecule has 7 aromatic rings. The average Bonchev–Trinajstić information content (AvgIpc) is 3.57. The first-order valence-corrected chi connectivity index (χ1v) is 14.6. The van der Waals surface area contributed by atoms with Gasteiger partial charge in [-0.1, -0.05) is 54.6 Å². The Morgan fingerprint density at radius 3 is 1.55 bits per heavy atom. The number of H-pyrrole nitrogens is 2. The number of rotatable bonds is 7. The molecule has 0 radical (unpaired) electrons. The minimum atomic E-state index is -0.367. The molecule has 0 spiro atoms. The summed E-state index contributed by atoms with van der Waals surface area (Å²) < 4.78 is 9.20. The van der Waals surface area contributed by atoms with Gasteiger partial charge in [0.2, 0.25) is 0 Å². The van der Waals surface area contributed by atoms with Gasteiger partial charge in [0.15, 0.2) is 0 Å². The highest BCUT2D eigenvalue weighted by Crippen LogP contribution is 2.38. The molecule has 0 aliphatic heterocycles. The number of aliphatic hydroxyl groups excluding tert-OH is 2. The minimum Gasteiger partial charge on any atom is -0.392 e. The van der Waals surface area contributed by atoms with E-state index in [0.717, 1.165) is 67.7 Å². The van der Waals surface area contributed by atoms with E-state index in [1.54, 1.807) is 12.1 Å². The van der Waals surface area contributed by atoms with Gasteiger partial charge in [-0.2, -0.15) is 8.75 Å². The van der Waals surface area contributed by atoms with Gasteiger partial charge < -0.3 is 15.1 Å². The molecule has 2 aromatic heterocycles. The Balaban J connectivity index is 1.28. The lowest BCUT2D eigenvalue weighted by molar-refractivity contribution is 0.281. The molecular weight excluding hydrogens is 574 g/mol. The summed E-state index contributed by atoms with van der Waals surface area (Å²) in [5, 5.41) is 24.4. The van der Waals surface area contributed by atoms with Crippen molar-refractivity contribution in [3.63, 3.8) is 0 Å². The van der Waals surface area contributed by atoms with Crippen LogP contribution in [0.3, 0.4) is 0 Å². The molecule has 0 saturated heterocycles. The Kier molecular flexibility index (Phi) is 7.07. The molecule has 0 aliphatic carbocycles. The molecule has 0 atom stereocenters. The number of aliphatic hydroxyl groups is 2. The second-order valence-corrected chi connectivity index (χ2v) is 10.9. The van der Waals surface area contributed by atoms with Crippen LogP contribution in [-0.4, -0.2) is 29.2 Å². The van der Waals surface area contributed by atoms with E-state index in [9.17, 15) is 19.8 Å². The molecule has 44 heavy (non-hydrogen) atoms. The Labute approximate surface area is 254 Å². The van der Waals surface area contributed by atoms with Crippen LogP contribution in [0.15, 0.2) is 113 Å². The number of hydrogen-bond acceptors (Lipinski definition) is 8. The zero-order chi connectivity index (χ0) is 30.2. The number of aromatic nitrogens is 4. The number of benzene rings is 5. The van der Waals surface area contributed by atoms with Crippen LogP contribution in [0.1, 0.15) is 11.1 Å². The standard InChI is InChI=1S/C34H25N5O4S/c40-18-20-1-8-24(9-2-20)39(25-10-3-21(19-41)4-11-25)26-12-5-22(6-13-26)27-15-16-28(32-31(27)37-44-38-32)23-7-14-29-30(17-23)34(43)36-35-33(29)42/h1-17,40-41H,18-19H2,(H,35,42)(H,36,43). The van der Waals surface area contributed by atoms with Crippen molar-refractivity contribution in [2.45, 2.75) is 13.2 Å². The maximum atomic E-state index is 12.4. The van der Waals surface area contributed by atoms with Crippen LogP contribution in [0.5, 0.6) is 0 Å². The van der Waals surface area contributed by atoms with Gasteiger partial charge in [-0.15, -0.1) is 0 Å². The number of anilines is 3. The fraction of sp³-hybridized carbons (Fsp3) is 0.0588. The van der Waals surface area contributed by atoms with Gasteiger partial charge >= 0.3 is 0 Å². The average molecular weight is 600 g/mol. The Hall–Kier alpha value is -5.42. The van der Waals surface area contributed by atoms with E-state index in [1.807, 2.05) is 91.0 Å². The predicted molar refractivity (Wildman–Crippen MR) is 174 cm³/mol. The van der Waals surface area contributed by atoms with E-state index in [1.165, 1.54) is 0 Å². The highest BCUT2D eigenvalue weighted by molar-refractivity contribution is 7.00. The number of hydrogen-bond donors (Lipinski definition) is 4. The maximum absolute atomic E-state index is 12.4. The van der Waals surface area contributed by atoms with E-state index in [4.69, 9.17) is 0 Å². The van der Waals surface area contributed by atoms with E-state index in [0.29, 0.717) is 16.3 Å². The third-order valence-electron chi connectivity index (χ3n) is 7.72. The van der Waals surface area contributed by atoms with Gasteiger partial charge in [0.05, 0.1) is 35.7 Å². The molecule has 5 aromatic carbocycles. The van der Waals surface area contributed by atoms with Crippen LogP contribution in [0.2, 0.25) is 0 Å². The van der Waals surface area contributed by atoms with Crippen LogP contribution >= 0.6 is 11.7 Å². The first-order chi connectivity index (χ1) is 21.5. The van der Waals surface area contributed by atoms with Gasteiger partial charge in [-0.05, 0) is 70.8 Å². The molecule has 2 heterocycles. The van der Waals surface area contributed by atoms with Crippen molar-refractivity contribution < 1.29 is 10.2 Å². The highest BCUT2D eigenvalue weighted by Gasteiger charge is 2.17. The molecule has 0 saturated carbocycles. The molecular formula is C34H25N5O4S. The molecule has 7 rings (SSSR count). The summed E-state index contributed by atoms with van der Waals surface area (Å²) >= 11 is 1.12.